The highest BCUT2D eigenvalue weighted by molar-refractivity contribution is 9.13. The van der Waals surface area contributed by atoms with Crippen molar-refractivity contribution in [1.82, 2.24) is 5.16 Å². The van der Waals surface area contributed by atoms with Crippen LogP contribution in [-0.2, 0) is 0 Å². The molecule has 0 bridgehead atoms. The molecule has 1 aliphatic heterocycles. The Balaban J connectivity index is 0.000000704. The number of hydrogen-bond acceptors (Lipinski definition) is 4. The molecule has 3 heterocycles. The molecule has 2 aromatic rings. The van der Waals surface area contributed by atoms with Gasteiger partial charge in [-0.15, -0.1) is 11.3 Å². The fourth-order valence-corrected chi connectivity index (χ4v) is 4.07. The van der Waals surface area contributed by atoms with Crippen LogP contribution in [0.15, 0.2) is 24.2 Å². The minimum atomic E-state index is 0.888. The van der Waals surface area contributed by atoms with Gasteiger partial charge in [-0.25, -0.2) is 0 Å². The molecule has 6 heteroatoms. The van der Waals surface area contributed by atoms with Crippen molar-refractivity contribution < 1.29 is 4.52 Å². The molecule has 110 valence electrons. The van der Waals surface area contributed by atoms with Gasteiger partial charge in [-0.3, -0.25) is 0 Å². The first-order valence-electron chi connectivity index (χ1n) is 6.90. The highest BCUT2D eigenvalue weighted by Gasteiger charge is 2.18. The fourth-order valence-electron chi connectivity index (χ4n) is 2.15. The molecule has 3 nitrogen and oxygen atoms in total. The van der Waals surface area contributed by atoms with Crippen LogP contribution in [0, 0.1) is 0 Å². The number of aromatic nitrogens is 1. The summed E-state index contributed by atoms with van der Waals surface area (Å²) < 4.78 is 7.60. The lowest BCUT2D eigenvalue weighted by Crippen LogP contribution is -2.28. The summed E-state index contributed by atoms with van der Waals surface area (Å²) in [5.74, 6) is 0.888. The van der Waals surface area contributed by atoms with Gasteiger partial charge in [-0.1, -0.05) is 19.0 Å². The lowest BCUT2D eigenvalue weighted by molar-refractivity contribution is 0.407. The summed E-state index contributed by atoms with van der Waals surface area (Å²) in [5.41, 5.74) is 1.98. The van der Waals surface area contributed by atoms with Gasteiger partial charge in [-0.05, 0) is 51.1 Å². The van der Waals surface area contributed by atoms with Gasteiger partial charge in [0.15, 0.2) is 0 Å². The fraction of sp³-hybridized carbons (Fsp3) is 0.500. The first kappa shape index (κ1) is 16.0. The number of halogens is 2. The van der Waals surface area contributed by atoms with Crippen LogP contribution in [0.4, 0.5) is 5.88 Å². The van der Waals surface area contributed by atoms with E-state index >= 15 is 0 Å². The summed E-state index contributed by atoms with van der Waals surface area (Å²) >= 11 is 8.71. The van der Waals surface area contributed by atoms with Gasteiger partial charge >= 0.3 is 0 Å². The van der Waals surface area contributed by atoms with E-state index in [9.17, 15) is 0 Å². The van der Waals surface area contributed by atoms with Crippen molar-refractivity contribution >= 4 is 49.1 Å². The Bertz CT molecular complexity index is 547. The van der Waals surface area contributed by atoms with Crippen LogP contribution in [0.1, 0.15) is 33.1 Å². The molecule has 0 aliphatic carbocycles. The van der Waals surface area contributed by atoms with Crippen LogP contribution in [0.3, 0.4) is 0 Å². The molecular formula is C14H18Br2N2OS. The van der Waals surface area contributed by atoms with E-state index in [1.54, 1.807) is 11.3 Å². The molecule has 3 rings (SSSR count). The minimum absolute atomic E-state index is 0.888. The molecule has 0 spiro atoms. The molecule has 1 saturated heterocycles. The Labute approximate surface area is 140 Å². The van der Waals surface area contributed by atoms with E-state index in [1.165, 1.54) is 19.3 Å². The second-order valence-corrected chi connectivity index (χ2v) is 7.33. The average molecular weight is 422 g/mol. The number of hydrogen-bond donors (Lipinski definition) is 0. The van der Waals surface area contributed by atoms with E-state index in [0.717, 1.165) is 38.5 Å². The van der Waals surface area contributed by atoms with E-state index in [4.69, 9.17) is 4.52 Å². The van der Waals surface area contributed by atoms with Crippen molar-refractivity contribution in [3.63, 3.8) is 0 Å². The largest absolute Gasteiger partial charge is 0.341 e. The standard InChI is InChI=1S/C12H12Br2N2OS.C2H6/c13-11-8(7-18-12(11)14)9-6-10(17-15-9)16-4-2-1-3-5-16;1-2/h6-7H,1-5H2;1-2H3. The molecule has 0 unspecified atom stereocenters. The third-order valence-electron chi connectivity index (χ3n) is 3.13. The molecule has 0 aromatic carbocycles. The number of thiophene rings is 1. The molecule has 1 fully saturated rings. The lowest BCUT2D eigenvalue weighted by Gasteiger charge is -2.25. The van der Waals surface area contributed by atoms with Crippen LogP contribution in [0.5, 0.6) is 0 Å². The molecule has 0 saturated carbocycles. The Hall–Kier alpha value is -0.330. The molecule has 0 N–H and O–H groups in total. The maximum Gasteiger partial charge on any atom is 0.227 e. The molecular weight excluding hydrogens is 404 g/mol. The van der Waals surface area contributed by atoms with Gasteiger partial charge in [0.25, 0.3) is 0 Å². The third-order valence-corrected chi connectivity index (χ3v) is 6.47. The first-order valence-corrected chi connectivity index (χ1v) is 9.37. The minimum Gasteiger partial charge on any atom is -0.341 e. The summed E-state index contributed by atoms with van der Waals surface area (Å²) in [6.07, 6.45) is 3.80. The van der Waals surface area contributed by atoms with Crippen LogP contribution in [-0.4, -0.2) is 18.2 Å². The summed E-state index contributed by atoms with van der Waals surface area (Å²) in [7, 11) is 0. The Kier molecular flexibility index (Phi) is 6.11. The smallest absolute Gasteiger partial charge is 0.227 e. The molecule has 0 radical (unpaired) electrons. The average Bonchev–Trinajstić information content (AvgIpc) is 3.11. The monoisotopic (exact) mass is 420 g/mol. The van der Waals surface area contributed by atoms with Crippen LogP contribution in [0.2, 0.25) is 0 Å². The summed E-state index contributed by atoms with van der Waals surface area (Å²) in [6, 6.07) is 2.03. The molecule has 2 aromatic heterocycles. The van der Waals surface area contributed by atoms with E-state index in [2.05, 4.69) is 47.3 Å². The molecule has 0 amide bonds. The van der Waals surface area contributed by atoms with E-state index in [0.29, 0.717) is 0 Å². The Morgan fingerprint density at radius 1 is 1.20 bits per heavy atom. The van der Waals surface area contributed by atoms with Crippen molar-refractivity contribution in [2.75, 3.05) is 18.0 Å². The zero-order chi connectivity index (χ0) is 14.5. The van der Waals surface area contributed by atoms with Crippen molar-refractivity contribution in [3.8, 4) is 11.3 Å². The van der Waals surface area contributed by atoms with Gasteiger partial charge in [0.2, 0.25) is 5.88 Å². The summed E-state index contributed by atoms with van der Waals surface area (Å²) in [4.78, 5) is 2.27. The van der Waals surface area contributed by atoms with Crippen molar-refractivity contribution in [2.24, 2.45) is 0 Å². The zero-order valence-electron chi connectivity index (χ0n) is 11.7. The van der Waals surface area contributed by atoms with Gasteiger partial charge in [0.1, 0.15) is 5.69 Å². The Morgan fingerprint density at radius 3 is 2.50 bits per heavy atom. The third kappa shape index (κ3) is 3.46. The number of piperidine rings is 1. The van der Waals surface area contributed by atoms with Crippen molar-refractivity contribution in [3.05, 3.63) is 19.7 Å². The van der Waals surface area contributed by atoms with Crippen LogP contribution in [0.25, 0.3) is 11.3 Å². The maximum absolute atomic E-state index is 5.47. The second kappa shape index (κ2) is 7.61. The van der Waals surface area contributed by atoms with Gasteiger partial charge in [-0.2, -0.15) is 0 Å². The predicted molar refractivity (Wildman–Crippen MR) is 92.6 cm³/mol. The topological polar surface area (TPSA) is 29.3 Å². The maximum atomic E-state index is 5.47. The van der Waals surface area contributed by atoms with E-state index < -0.39 is 0 Å². The van der Waals surface area contributed by atoms with Crippen molar-refractivity contribution in [2.45, 2.75) is 33.1 Å². The molecule has 1 aliphatic rings. The normalized spacial score (nSPS) is 14.9. The highest BCUT2D eigenvalue weighted by atomic mass is 79.9. The molecule has 0 atom stereocenters. The lowest BCUT2D eigenvalue weighted by atomic mass is 10.1. The second-order valence-electron chi connectivity index (χ2n) is 4.34. The number of nitrogens with zero attached hydrogens (tertiary/aromatic N) is 2. The van der Waals surface area contributed by atoms with Crippen LogP contribution >= 0.6 is 43.2 Å². The predicted octanol–water partition coefficient (Wildman–Crippen LogP) is 5.94. The van der Waals surface area contributed by atoms with Crippen LogP contribution < -0.4 is 4.90 Å². The quantitative estimate of drug-likeness (QED) is 0.600. The van der Waals surface area contributed by atoms with Crippen molar-refractivity contribution in [1.29, 1.82) is 0 Å². The van der Waals surface area contributed by atoms with Gasteiger partial charge < -0.3 is 9.42 Å². The first-order chi connectivity index (χ1) is 9.75. The van der Waals surface area contributed by atoms with Gasteiger partial charge in [0, 0.05) is 30.1 Å². The highest BCUT2D eigenvalue weighted by Crippen LogP contribution is 2.39. The number of rotatable bonds is 2. The summed E-state index contributed by atoms with van der Waals surface area (Å²) in [5, 5.41) is 6.25. The van der Waals surface area contributed by atoms with E-state index in [1.807, 2.05) is 19.9 Å². The number of anilines is 1. The zero-order valence-corrected chi connectivity index (χ0v) is 15.6. The van der Waals surface area contributed by atoms with E-state index in [-0.39, 0.29) is 0 Å². The summed E-state index contributed by atoms with van der Waals surface area (Å²) in [6.45, 7) is 6.15. The Morgan fingerprint density at radius 2 is 1.90 bits per heavy atom. The van der Waals surface area contributed by atoms with Gasteiger partial charge in [0.05, 0.1) is 8.26 Å². The molecule has 20 heavy (non-hydrogen) atoms. The SMILES string of the molecule is Brc1scc(-c2cc(N3CCCCC3)on2)c1Br.CC.